The van der Waals surface area contributed by atoms with Crippen molar-refractivity contribution < 1.29 is 0 Å². The first-order chi connectivity index (χ1) is 7.24. The Bertz CT molecular complexity index is 244. The Morgan fingerprint density at radius 3 is 2.73 bits per heavy atom. The lowest BCUT2D eigenvalue weighted by molar-refractivity contribution is 0.434. The molecule has 15 heavy (non-hydrogen) atoms. The summed E-state index contributed by atoms with van der Waals surface area (Å²) in [6, 6.07) is 0.983. The van der Waals surface area contributed by atoms with Crippen LogP contribution in [0.25, 0.3) is 0 Å². The predicted molar refractivity (Wildman–Crippen MR) is 67.3 cm³/mol. The molecule has 0 saturated carbocycles. The van der Waals surface area contributed by atoms with Crippen LogP contribution >= 0.6 is 11.3 Å². The van der Waals surface area contributed by atoms with Crippen LogP contribution in [0, 0.1) is 0 Å². The smallest absolute Gasteiger partial charge is 0.109 e. The molecule has 1 unspecified atom stereocenters. The molecular formula is C12H22N2S. The molecule has 0 aromatic carbocycles. The standard InChI is InChI=1S/C12H22N2S/c1-4-5-6-7-11(14-10(2)3)12-13-8-9-15-12/h8-11,14H,4-7H2,1-3H3. The highest BCUT2D eigenvalue weighted by molar-refractivity contribution is 7.09. The first-order valence-corrected chi connectivity index (χ1v) is 6.77. The van der Waals surface area contributed by atoms with Crippen LogP contribution < -0.4 is 5.32 Å². The van der Waals surface area contributed by atoms with Gasteiger partial charge in [-0.1, -0.05) is 40.0 Å². The summed E-state index contributed by atoms with van der Waals surface area (Å²) in [4.78, 5) is 4.40. The third-order valence-corrected chi connectivity index (χ3v) is 3.27. The van der Waals surface area contributed by atoms with E-state index in [-0.39, 0.29) is 0 Å². The van der Waals surface area contributed by atoms with Gasteiger partial charge >= 0.3 is 0 Å². The average molecular weight is 226 g/mol. The number of nitrogens with one attached hydrogen (secondary N) is 1. The number of aromatic nitrogens is 1. The number of rotatable bonds is 7. The number of hydrogen-bond acceptors (Lipinski definition) is 3. The Kier molecular flexibility index (Phi) is 5.88. The van der Waals surface area contributed by atoms with Gasteiger partial charge in [0.1, 0.15) is 5.01 Å². The second-order valence-electron chi connectivity index (χ2n) is 4.24. The van der Waals surface area contributed by atoms with E-state index in [0.29, 0.717) is 12.1 Å². The molecule has 1 N–H and O–H groups in total. The monoisotopic (exact) mass is 226 g/mol. The molecule has 0 aliphatic heterocycles. The van der Waals surface area contributed by atoms with E-state index in [1.807, 2.05) is 6.20 Å². The van der Waals surface area contributed by atoms with Crippen molar-refractivity contribution in [2.24, 2.45) is 0 Å². The summed E-state index contributed by atoms with van der Waals surface area (Å²) in [6.45, 7) is 6.63. The van der Waals surface area contributed by atoms with Crippen LogP contribution in [-0.4, -0.2) is 11.0 Å². The van der Waals surface area contributed by atoms with Gasteiger partial charge in [0.05, 0.1) is 6.04 Å². The Morgan fingerprint density at radius 1 is 1.40 bits per heavy atom. The minimum absolute atomic E-state index is 0.455. The van der Waals surface area contributed by atoms with Gasteiger partial charge in [-0.15, -0.1) is 11.3 Å². The van der Waals surface area contributed by atoms with Crippen LogP contribution in [0.4, 0.5) is 0 Å². The van der Waals surface area contributed by atoms with Gasteiger partial charge in [-0.25, -0.2) is 4.98 Å². The minimum Gasteiger partial charge on any atom is -0.306 e. The number of thiazole rings is 1. The van der Waals surface area contributed by atoms with Gasteiger partial charge in [0.25, 0.3) is 0 Å². The maximum atomic E-state index is 4.40. The van der Waals surface area contributed by atoms with Gasteiger partial charge in [-0.2, -0.15) is 0 Å². The highest BCUT2D eigenvalue weighted by Gasteiger charge is 2.13. The summed E-state index contributed by atoms with van der Waals surface area (Å²) in [5.41, 5.74) is 0. The molecule has 0 aliphatic rings. The highest BCUT2D eigenvalue weighted by atomic mass is 32.1. The molecule has 3 heteroatoms. The molecule has 1 atom stereocenters. The van der Waals surface area contributed by atoms with Crippen molar-refractivity contribution in [3.05, 3.63) is 16.6 Å². The molecule has 1 aromatic heterocycles. The summed E-state index contributed by atoms with van der Waals surface area (Å²) in [6.07, 6.45) is 7.00. The Hall–Kier alpha value is -0.410. The van der Waals surface area contributed by atoms with Gasteiger partial charge in [0, 0.05) is 17.6 Å². The zero-order valence-corrected chi connectivity index (χ0v) is 10.8. The second-order valence-corrected chi connectivity index (χ2v) is 5.17. The molecule has 1 heterocycles. The lowest BCUT2D eigenvalue weighted by Gasteiger charge is -2.19. The fraction of sp³-hybridized carbons (Fsp3) is 0.750. The lowest BCUT2D eigenvalue weighted by atomic mass is 10.1. The third-order valence-electron chi connectivity index (χ3n) is 2.38. The maximum absolute atomic E-state index is 4.40. The molecule has 0 bridgehead atoms. The van der Waals surface area contributed by atoms with Crippen molar-refractivity contribution in [3.8, 4) is 0 Å². The van der Waals surface area contributed by atoms with Crippen LogP contribution in [0.5, 0.6) is 0 Å². The van der Waals surface area contributed by atoms with E-state index in [1.165, 1.54) is 30.7 Å². The number of hydrogen-bond donors (Lipinski definition) is 1. The van der Waals surface area contributed by atoms with Crippen LogP contribution in [0.2, 0.25) is 0 Å². The molecule has 2 nitrogen and oxygen atoms in total. The molecule has 1 rings (SSSR count). The van der Waals surface area contributed by atoms with Gasteiger partial charge < -0.3 is 5.32 Å². The number of unbranched alkanes of at least 4 members (excludes halogenated alkanes) is 2. The Morgan fingerprint density at radius 2 is 2.20 bits per heavy atom. The largest absolute Gasteiger partial charge is 0.306 e. The SMILES string of the molecule is CCCCCC(NC(C)C)c1nccs1. The van der Waals surface area contributed by atoms with Crippen LogP contribution in [0.1, 0.15) is 57.5 Å². The summed E-state index contributed by atoms with van der Waals surface area (Å²) in [5, 5.41) is 6.88. The fourth-order valence-electron chi connectivity index (χ4n) is 1.69. The van der Waals surface area contributed by atoms with E-state index < -0.39 is 0 Å². The van der Waals surface area contributed by atoms with Gasteiger partial charge in [-0.05, 0) is 6.42 Å². The minimum atomic E-state index is 0.455. The molecule has 0 spiro atoms. The zero-order valence-electron chi connectivity index (χ0n) is 9.99. The van der Waals surface area contributed by atoms with Crippen molar-refractivity contribution in [1.29, 1.82) is 0 Å². The first-order valence-electron chi connectivity index (χ1n) is 5.89. The van der Waals surface area contributed by atoms with Crippen LogP contribution in [0.15, 0.2) is 11.6 Å². The summed E-state index contributed by atoms with van der Waals surface area (Å²) >= 11 is 1.76. The Labute approximate surface area is 97.1 Å². The van der Waals surface area contributed by atoms with Gasteiger partial charge in [0.15, 0.2) is 0 Å². The average Bonchev–Trinajstić information content (AvgIpc) is 2.68. The number of nitrogens with zero attached hydrogens (tertiary/aromatic N) is 1. The highest BCUT2D eigenvalue weighted by Crippen LogP contribution is 2.22. The van der Waals surface area contributed by atoms with E-state index in [1.54, 1.807) is 11.3 Å². The normalized spacial score (nSPS) is 13.3. The maximum Gasteiger partial charge on any atom is 0.109 e. The second kappa shape index (κ2) is 6.96. The van der Waals surface area contributed by atoms with Gasteiger partial charge in [0.2, 0.25) is 0 Å². The van der Waals surface area contributed by atoms with E-state index in [2.05, 4.69) is 36.5 Å². The zero-order chi connectivity index (χ0) is 11.1. The van der Waals surface area contributed by atoms with E-state index in [0.717, 1.165) is 0 Å². The topological polar surface area (TPSA) is 24.9 Å². The lowest BCUT2D eigenvalue weighted by Crippen LogP contribution is -2.28. The molecule has 0 aliphatic carbocycles. The third kappa shape index (κ3) is 4.76. The fourth-order valence-corrected chi connectivity index (χ4v) is 2.42. The molecule has 0 saturated heterocycles. The van der Waals surface area contributed by atoms with Crippen molar-refractivity contribution in [2.45, 2.75) is 58.5 Å². The molecule has 0 amide bonds. The van der Waals surface area contributed by atoms with E-state index >= 15 is 0 Å². The van der Waals surface area contributed by atoms with Crippen molar-refractivity contribution in [1.82, 2.24) is 10.3 Å². The molecule has 0 fully saturated rings. The Balaban J connectivity index is 2.46. The summed E-state index contributed by atoms with van der Waals surface area (Å²) in [5.74, 6) is 0. The van der Waals surface area contributed by atoms with Gasteiger partial charge in [-0.3, -0.25) is 0 Å². The molecule has 86 valence electrons. The molecule has 1 aromatic rings. The van der Waals surface area contributed by atoms with Crippen molar-refractivity contribution >= 4 is 11.3 Å². The summed E-state index contributed by atoms with van der Waals surface area (Å²) in [7, 11) is 0. The van der Waals surface area contributed by atoms with Crippen molar-refractivity contribution in [2.75, 3.05) is 0 Å². The summed E-state index contributed by atoms with van der Waals surface area (Å²) < 4.78 is 0. The van der Waals surface area contributed by atoms with Crippen molar-refractivity contribution in [3.63, 3.8) is 0 Å². The van der Waals surface area contributed by atoms with E-state index in [9.17, 15) is 0 Å². The molecule has 0 radical (unpaired) electrons. The van der Waals surface area contributed by atoms with Crippen LogP contribution in [-0.2, 0) is 0 Å². The first kappa shape index (κ1) is 12.7. The van der Waals surface area contributed by atoms with E-state index in [4.69, 9.17) is 0 Å². The molecular weight excluding hydrogens is 204 g/mol. The quantitative estimate of drug-likeness (QED) is 0.716. The predicted octanol–water partition coefficient (Wildman–Crippen LogP) is 3.76. The van der Waals surface area contributed by atoms with Crippen LogP contribution in [0.3, 0.4) is 0 Å².